The minimum absolute atomic E-state index is 0.0395. The van der Waals surface area contributed by atoms with Crippen molar-refractivity contribution >= 4 is 23.5 Å². The molecular weight excluding hydrogens is 400 g/mol. The number of carbonyl (C=O) groups is 2. The van der Waals surface area contributed by atoms with Crippen LogP contribution in [-0.2, 0) is 14.9 Å². The van der Waals surface area contributed by atoms with Gasteiger partial charge in [-0.1, -0.05) is 64.4 Å². The number of hydrogen-bond donors (Lipinski definition) is 0. The first kappa shape index (κ1) is 23.9. The average Bonchev–Trinajstić information content (AvgIpc) is 2.63. The molecule has 0 aliphatic rings. The Balaban J connectivity index is 2.63. The second-order valence-electron chi connectivity index (χ2n) is 8.84. The smallest absolute Gasteiger partial charge is 0.343 e. The quantitative estimate of drug-likeness (QED) is 0.389. The van der Waals surface area contributed by atoms with Crippen molar-refractivity contribution in [2.24, 2.45) is 5.92 Å². The second kappa shape index (κ2) is 9.65. The molecule has 2 rings (SSSR count). The number of rotatable bonds is 6. The molecule has 0 bridgehead atoms. The van der Waals surface area contributed by atoms with Crippen molar-refractivity contribution < 1.29 is 19.1 Å². The van der Waals surface area contributed by atoms with Gasteiger partial charge in [0.15, 0.2) is 0 Å². The van der Waals surface area contributed by atoms with E-state index >= 15 is 0 Å². The summed E-state index contributed by atoms with van der Waals surface area (Å²) < 4.78 is 11.2. The molecule has 0 aromatic heterocycles. The number of benzene rings is 2. The first-order valence-electron chi connectivity index (χ1n) is 10.2. The summed E-state index contributed by atoms with van der Waals surface area (Å²) in [5.41, 5.74) is 2.74. The van der Waals surface area contributed by atoms with E-state index in [4.69, 9.17) is 21.1 Å². The van der Waals surface area contributed by atoms with Crippen molar-refractivity contribution in [1.29, 1.82) is 0 Å². The summed E-state index contributed by atoms with van der Waals surface area (Å²) in [4.78, 5) is 25.7. The van der Waals surface area contributed by atoms with E-state index in [1.165, 1.54) is 0 Å². The molecule has 4 nitrogen and oxygen atoms in total. The molecule has 0 saturated carbocycles. The fourth-order valence-corrected chi connectivity index (χ4v) is 3.55. The molecule has 0 spiro atoms. The van der Waals surface area contributed by atoms with Gasteiger partial charge in [-0.2, -0.15) is 0 Å². The van der Waals surface area contributed by atoms with E-state index in [2.05, 4.69) is 20.8 Å². The number of esters is 2. The van der Waals surface area contributed by atoms with Crippen molar-refractivity contribution in [3.8, 4) is 5.75 Å². The Hall–Kier alpha value is -2.33. The minimum atomic E-state index is -0.548. The van der Waals surface area contributed by atoms with Gasteiger partial charge in [-0.3, -0.25) is 4.79 Å². The van der Waals surface area contributed by atoms with Crippen LogP contribution in [0.25, 0.3) is 0 Å². The second-order valence-corrected chi connectivity index (χ2v) is 9.27. The van der Waals surface area contributed by atoms with Crippen molar-refractivity contribution in [3.63, 3.8) is 0 Å². The number of aryl methyl sites for hydroxylation is 1. The molecule has 30 heavy (non-hydrogen) atoms. The fourth-order valence-electron chi connectivity index (χ4n) is 3.36. The number of ether oxygens (including phenoxy) is 2. The molecule has 1 unspecified atom stereocenters. The minimum Gasteiger partial charge on any atom is -0.466 e. The third kappa shape index (κ3) is 5.63. The number of carbonyl (C=O) groups excluding carboxylic acids is 2. The van der Waals surface area contributed by atoms with Crippen LogP contribution in [0.5, 0.6) is 5.75 Å². The lowest BCUT2D eigenvalue weighted by molar-refractivity contribution is -0.146. The van der Waals surface area contributed by atoms with Crippen molar-refractivity contribution in [2.45, 2.75) is 59.8 Å². The third-order valence-corrected chi connectivity index (χ3v) is 5.20. The summed E-state index contributed by atoms with van der Waals surface area (Å²) >= 11 is 6.02. The Labute approximate surface area is 184 Å². The zero-order valence-corrected chi connectivity index (χ0v) is 19.6. The van der Waals surface area contributed by atoms with Gasteiger partial charge in [-0.05, 0) is 54.5 Å². The summed E-state index contributed by atoms with van der Waals surface area (Å²) in [6.45, 7) is 14.2. The van der Waals surface area contributed by atoms with E-state index in [0.717, 1.165) is 11.1 Å². The van der Waals surface area contributed by atoms with Crippen LogP contribution < -0.4 is 4.74 Å². The maximum Gasteiger partial charge on any atom is 0.343 e. The van der Waals surface area contributed by atoms with Crippen LogP contribution in [0.3, 0.4) is 0 Å². The Kier molecular flexibility index (Phi) is 7.70. The van der Waals surface area contributed by atoms with E-state index < -0.39 is 11.9 Å². The maximum atomic E-state index is 12.8. The molecule has 0 amide bonds. The first-order valence-corrected chi connectivity index (χ1v) is 10.6. The first-order chi connectivity index (χ1) is 14.0. The maximum absolute atomic E-state index is 12.8. The fraction of sp³-hybridized carbons (Fsp3) is 0.440. The Morgan fingerprint density at radius 2 is 1.77 bits per heavy atom. The molecule has 0 fully saturated rings. The average molecular weight is 431 g/mol. The SMILES string of the molecule is CCOC(=O)C(c1cc(C(C)(C)C)cc(C)c1OC(=O)c1cccc(Cl)c1)C(C)C. The zero-order valence-electron chi connectivity index (χ0n) is 18.8. The highest BCUT2D eigenvalue weighted by Gasteiger charge is 2.32. The largest absolute Gasteiger partial charge is 0.466 e. The molecular formula is C25H31ClO4. The van der Waals surface area contributed by atoms with Crippen molar-refractivity contribution in [3.05, 3.63) is 63.7 Å². The van der Waals surface area contributed by atoms with Crippen molar-refractivity contribution in [2.75, 3.05) is 6.61 Å². The van der Waals surface area contributed by atoms with Crippen LogP contribution >= 0.6 is 11.6 Å². The van der Waals surface area contributed by atoms with Gasteiger partial charge in [0.05, 0.1) is 18.1 Å². The molecule has 0 aliphatic carbocycles. The van der Waals surface area contributed by atoms with Crippen molar-refractivity contribution in [1.82, 2.24) is 0 Å². The van der Waals surface area contributed by atoms with Gasteiger partial charge in [0, 0.05) is 10.6 Å². The summed E-state index contributed by atoms with van der Waals surface area (Å²) in [6.07, 6.45) is 0. The molecule has 2 aromatic rings. The van der Waals surface area contributed by atoms with E-state index in [1.807, 2.05) is 32.9 Å². The number of halogens is 1. The molecule has 2 aromatic carbocycles. The van der Waals surface area contributed by atoms with Crippen LogP contribution in [0, 0.1) is 12.8 Å². The summed E-state index contributed by atoms with van der Waals surface area (Å²) in [5, 5.41) is 0.455. The predicted octanol–water partition coefficient (Wildman–Crippen LogP) is 6.47. The van der Waals surface area contributed by atoms with Gasteiger partial charge in [-0.25, -0.2) is 4.79 Å². The predicted molar refractivity (Wildman–Crippen MR) is 121 cm³/mol. The van der Waals surface area contributed by atoms with Gasteiger partial charge in [0.1, 0.15) is 5.75 Å². The molecule has 0 N–H and O–H groups in total. The Bertz CT molecular complexity index is 925. The van der Waals surface area contributed by atoms with Crippen LogP contribution in [0.4, 0.5) is 0 Å². The van der Waals surface area contributed by atoms with Gasteiger partial charge in [-0.15, -0.1) is 0 Å². The highest BCUT2D eigenvalue weighted by molar-refractivity contribution is 6.30. The standard InChI is InChI=1S/C25H31ClO4/c1-8-29-24(28)21(15(2)3)20-14-18(25(5,6)7)12-16(4)22(20)30-23(27)17-10-9-11-19(26)13-17/h9-15,21H,8H2,1-7H3. The molecule has 5 heteroatoms. The third-order valence-electron chi connectivity index (χ3n) is 4.97. The van der Waals surface area contributed by atoms with Gasteiger partial charge < -0.3 is 9.47 Å². The molecule has 162 valence electrons. The van der Waals surface area contributed by atoms with Crippen LogP contribution in [0.2, 0.25) is 5.02 Å². The van der Waals surface area contributed by atoms with E-state index in [-0.39, 0.29) is 23.9 Å². The summed E-state index contributed by atoms with van der Waals surface area (Å²) in [7, 11) is 0. The molecule has 1 atom stereocenters. The highest BCUT2D eigenvalue weighted by Crippen LogP contribution is 2.39. The molecule has 0 saturated heterocycles. The van der Waals surface area contributed by atoms with E-state index in [0.29, 0.717) is 21.9 Å². The van der Waals surface area contributed by atoms with Crippen LogP contribution in [0.15, 0.2) is 36.4 Å². The molecule has 0 heterocycles. The molecule has 0 radical (unpaired) electrons. The normalized spacial score (nSPS) is 12.6. The summed E-state index contributed by atoms with van der Waals surface area (Å²) in [6, 6.07) is 10.6. The topological polar surface area (TPSA) is 52.6 Å². The lowest BCUT2D eigenvalue weighted by Crippen LogP contribution is -2.24. The van der Waals surface area contributed by atoms with Crippen LogP contribution in [-0.4, -0.2) is 18.5 Å². The highest BCUT2D eigenvalue weighted by atomic mass is 35.5. The summed E-state index contributed by atoms with van der Waals surface area (Å²) in [5.74, 6) is -1.02. The molecule has 0 aliphatic heterocycles. The Morgan fingerprint density at radius 1 is 1.10 bits per heavy atom. The van der Waals surface area contributed by atoms with E-state index in [9.17, 15) is 9.59 Å². The number of hydrogen-bond acceptors (Lipinski definition) is 4. The Morgan fingerprint density at radius 3 is 2.30 bits per heavy atom. The van der Waals surface area contributed by atoms with E-state index in [1.54, 1.807) is 31.2 Å². The monoisotopic (exact) mass is 430 g/mol. The van der Waals surface area contributed by atoms with Gasteiger partial charge in [0.2, 0.25) is 0 Å². The zero-order chi connectivity index (χ0) is 22.6. The lowest BCUT2D eigenvalue weighted by Gasteiger charge is -2.27. The van der Waals surface area contributed by atoms with Crippen LogP contribution in [0.1, 0.15) is 74.5 Å². The van der Waals surface area contributed by atoms with Gasteiger partial charge in [0.25, 0.3) is 0 Å². The van der Waals surface area contributed by atoms with Gasteiger partial charge >= 0.3 is 11.9 Å². The lowest BCUT2D eigenvalue weighted by atomic mass is 9.80.